The summed E-state index contributed by atoms with van der Waals surface area (Å²) in [5.41, 5.74) is 6.80. The Morgan fingerprint density at radius 3 is 2.46 bits per heavy atom. The third-order valence-corrected chi connectivity index (χ3v) is 5.30. The zero-order valence-electron chi connectivity index (χ0n) is 14.3. The number of amides is 2. The van der Waals surface area contributed by atoms with Gasteiger partial charge in [0.05, 0.1) is 5.02 Å². The summed E-state index contributed by atoms with van der Waals surface area (Å²) in [5.74, 6) is -0.317. The molecule has 0 atom stereocenters. The van der Waals surface area contributed by atoms with Gasteiger partial charge in [0.1, 0.15) is 10.6 Å². The number of ether oxygens (including phenoxy) is 1. The Bertz CT molecular complexity index is 964. The first-order valence-electron chi connectivity index (χ1n) is 7.91. The molecule has 0 aliphatic heterocycles. The number of hydrogen-bond donors (Lipinski definition) is 2. The smallest absolute Gasteiger partial charge is 0.281 e. The normalized spacial score (nSPS) is 10.6. The molecule has 134 valence electrons. The summed E-state index contributed by atoms with van der Waals surface area (Å²) in [4.78, 5) is 24.5. The lowest BCUT2D eigenvalue weighted by Crippen LogP contribution is -2.43. The van der Waals surface area contributed by atoms with Crippen LogP contribution in [-0.2, 0) is 4.79 Å². The number of fused-ring (bicyclic) bond motifs is 1. The van der Waals surface area contributed by atoms with Gasteiger partial charge in [-0.2, -0.15) is 0 Å². The van der Waals surface area contributed by atoms with Crippen LogP contribution in [0.1, 0.15) is 20.8 Å². The number of thiophene rings is 1. The fourth-order valence-electron chi connectivity index (χ4n) is 2.54. The average Bonchev–Trinajstić information content (AvgIpc) is 2.94. The SMILES string of the molecule is Cc1cc(C)cc(OCC(=O)NNC(=O)c2sc3ccccc3c2Cl)c1. The van der Waals surface area contributed by atoms with E-state index in [9.17, 15) is 9.59 Å². The van der Waals surface area contributed by atoms with Crippen LogP contribution in [0, 0.1) is 13.8 Å². The van der Waals surface area contributed by atoms with E-state index < -0.39 is 11.8 Å². The molecule has 0 saturated carbocycles. The molecule has 0 aliphatic rings. The van der Waals surface area contributed by atoms with Crippen molar-refractivity contribution < 1.29 is 14.3 Å². The number of nitrogens with one attached hydrogen (secondary N) is 2. The summed E-state index contributed by atoms with van der Waals surface area (Å²) in [7, 11) is 0. The first kappa shape index (κ1) is 18.2. The second kappa shape index (κ2) is 7.76. The number of carbonyl (C=O) groups excluding carboxylic acids is 2. The predicted molar refractivity (Wildman–Crippen MR) is 104 cm³/mol. The van der Waals surface area contributed by atoms with E-state index in [1.54, 1.807) is 0 Å². The van der Waals surface area contributed by atoms with Crippen molar-refractivity contribution in [3.8, 4) is 5.75 Å². The highest BCUT2D eigenvalue weighted by molar-refractivity contribution is 7.21. The molecule has 1 aromatic heterocycles. The predicted octanol–water partition coefficient (Wildman–Crippen LogP) is 4.01. The van der Waals surface area contributed by atoms with Gasteiger partial charge in [-0.3, -0.25) is 20.4 Å². The van der Waals surface area contributed by atoms with Crippen LogP contribution in [0.25, 0.3) is 10.1 Å². The summed E-state index contributed by atoms with van der Waals surface area (Å²) in [5, 5.41) is 1.19. The molecule has 0 fully saturated rings. The maximum Gasteiger partial charge on any atom is 0.281 e. The van der Waals surface area contributed by atoms with Gasteiger partial charge in [0.2, 0.25) is 0 Å². The van der Waals surface area contributed by atoms with Gasteiger partial charge in [0.25, 0.3) is 11.8 Å². The summed E-state index contributed by atoms with van der Waals surface area (Å²) in [6, 6.07) is 13.2. The molecule has 0 spiro atoms. The van der Waals surface area contributed by atoms with Crippen molar-refractivity contribution in [2.75, 3.05) is 6.61 Å². The van der Waals surface area contributed by atoms with E-state index in [1.165, 1.54) is 11.3 Å². The molecule has 2 aromatic carbocycles. The first-order valence-corrected chi connectivity index (χ1v) is 9.11. The maximum absolute atomic E-state index is 12.3. The van der Waals surface area contributed by atoms with Crippen molar-refractivity contribution in [3.63, 3.8) is 0 Å². The van der Waals surface area contributed by atoms with Crippen LogP contribution in [0.5, 0.6) is 5.75 Å². The molecule has 2 N–H and O–H groups in total. The van der Waals surface area contributed by atoms with E-state index in [1.807, 2.05) is 56.3 Å². The highest BCUT2D eigenvalue weighted by atomic mass is 35.5. The number of rotatable bonds is 4. The van der Waals surface area contributed by atoms with Crippen molar-refractivity contribution in [2.45, 2.75) is 13.8 Å². The minimum Gasteiger partial charge on any atom is -0.484 e. The molecule has 1 heterocycles. The van der Waals surface area contributed by atoms with Crippen LogP contribution in [0.2, 0.25) is 5.02 Å². The Labute approximate surface area is 159 Å². The second-order valence-corrected chi connectivity index (χ2v) is 7.29. The van der Waals surface area contributed by atoms with E-state index in [4.69, 9.17) is 16.3 Å². The van der Waals surface area contributed by atoms with Crippen molar-refractivity contribution in [2.24, 2.45) is 0 Å². The molecule has 0 saturated heterocycles. The molecule has 0 aliphatic carbocycles. The molecule has 3 aromatic rings. The van der Waals surface area contributed by atoms with Gasteiger partial charge in [-0.15, -0.1) is 11.3 Å². The lowest BCUT2D eigenvalue weighted by Gasteiger charge is -2.09. The van der Waals surface area contributed by atoms with E-state index in [2.05, 4.69) is 10.9 Å². The molecule has 2 amide bonds. The number of carbonyl (C=O) groups is 2. The van der Waals surface area contributed by atoms with Crippen molar-refractivity contribution in [3.05, 3.63) is 63.5 Å². The van der Waals surface area contributed by atoms with Gasteiger partial charge in [-0.25, -0.2) is 0 Å². The van der Waals surface area contributed by atoms with Gasteiger partial charge in [-0.05, 0) is 43.2 Å². The minimum absolute atomic E-state index is 0.205. The van der Waals surface area contributed by atoms with Crippen LogP contribution in [0.15, 0.2) is 42.5 Å². The number of benzene rings is 2. The molecular weight excluding hydrogens is 372 g/mol. The largest absolute Gasteiger partial charge is 0.484 e. The third-order valence-electron chi connectivity index (χ3n) is 3.62. The number of halogens is 1. The Hall–Kier alpha value is -2.57. The molecule has 3 rings (SSSR count). The highest BCUT2D eigenvalue weighted by Crippen LogP contribution is 2.34. The summed E-state index contributed by atoms with van der Waals surface area (Å²) < 4.78 is 6.36. The molecule has 7 heteroatoms. The monoisotopic (exact) mass is 388 g/mol. The van der Waals surface area contributed by atoms with Crippen LogP contribution in [0.4, 0.5) is 0 Å². The standard InChI is InChI=1S/C19H17ClN2O3S/c1-11-7-12(2)9-13(8-11)25-10-16(23)21-22-19(24)18-17(20)14-5-3-4-6-15(14)26-18/h3-9H,10H2,1-2H3,(H,21,23)(H,22,24). The van der Waals surface area contributed by atoms with Crippen LogP contribution in [0.3, 0.4) is 0 Å². The molecular formula is C19H17ClN2O3S. The Balaban J connectivity index is 1.56. The van der Waals surface area contributed by atoms with Crippen molar-refractivity contribution in [1.82, 2.24) is 10.9 Å². The summed E-state index contributed by atoms with van der Waals surface area (Å²) >= 11 is 7.52. The quantitative estimate of drug-likeness (QED) is 0.663. The molecule has 0 bridgehead atoms. The summed E-state index contributed by atoms with van der Waals surface area (Å²) in [6.45, 7) is 3.70. The van der Waals surface area contributed by atoms with Gasteiger partial charge in [0, 0.05) is 10.1 Å². The van der Waals surface area contributed by atoms with Crippen molar-refractivity contribution >= 4 is 44.8 Å². The first-order chi connectivity index (χ1) is 12.4. The van der Waals surface area contributed by atoms with Gasteiger partial charge >= 0.3 is 0 Å². The lowest BCUT2D eigenvalue weighted by molar-refractivity contribution is -0.123. The zero-order chi connectivity index (χ0) is 18.7. The van der Waals surface area contributed by atoms with E-state index in [0.717, 1.165) is 21.2 Å². The van der Waals surface area contributed by atoms with Crippen LogP contribution < -0.4 is 15.6 Å². The minimum atomic E-state index is -0.463. The third kappa shape index (κ3) is 4.15. The summed E-state index contributed by atoms with van der Waals surface area (Å²) in [6.07, 6.45) is 0. The van der Waals surface area contributed by atoms with Crippen LogP contribution >= 0.6 is 22.9 Å². The maximum atomic E-state index is 12.3. The van der Waals surface area contributed by atoms with Gasteiger partial charge in [-0.1, -0.05) is 35.9 Å². The molecule has 0 radical (unpaired) electrons. The Morgan fingerprint density at radius 2 is 1.77 bits per heavy atom. The van der Waals surface area contributed by atoms with E-state index in [-0.39, 0.29) is 6.61 Å². The number of aryl methyl sites for hydroxylation is 2. The van der Waals surface area contributed by atoms with E-state index in [0.29, 0.717) is 15.6 Å². The van der Waals surface area contributed by atoms with Gasteiger partial charge < -0.3 is 4.74 Å². The Morgan fingerprint density at radius 1 is 1.08 bits per heavy atom. The zero-order valence-corrected chi connectivity index (χ0v) is 15.8. The second-order valence-electron chi connectivity index (χ2n) is 5.86. The Kier molecular flexibility index (Phi) is 5.44. The number of hydrazine groups is 1. The van der Waals surface area contributed by atoms with E-state index >= 15 is 0 Å². The molecule has 0 unspecified atom stereocenters. The fraction of sp³-hybridized carbons (Fsp3) is 0.158. The number of hydrogen-bond acceptors (Lipinski definition) is 4. The highest BCUT2D eigenvalue weighted by Gasteiger charge is 2.17. The fourth-order valence-corrected chi connectivity index (χ4v) is 3.96. The average molecular weight is 389 g/mol. The van der Waals surface area contributed by atoms with Crippen LogP contribution in [-0.4, -0.2) is 18.4 Å². The molecule has 26 heavy (non-hydrogen) atoms. The topological polar surface area (TPSA) is 67.4 Å². The van der Waals surface area contributed by atoms with Gasteiger partial charge in [0.15, 0.2) is 6.61 Å². The molecule has 5 nitrogen and oxygen atoms in total. The van der Waals surface area contributed by atoms with Crippen molar-refractivity contribution in [1.29, 1.82) is 0 Å². The lowest BCUT2D eigenvalue weighted by atomic mass is 10.1.